The van der Waals surface area contributed by atoms with Crippen LogP contribution in [-0.4, -0.2) is 103 Å². The van der Waals surface area contributed by atoms with Crippen molar-refractivity contribution in [2.45, 2.75) is 169 Å². The molecule has 57 heavy (non-hydrogen) atoms. The van der Waals surface area contributed by atoms with Crippen LogP contribution in [0.15, 0.2) is 36.5 Å². The Morgan fingerprint density at radius 2 is 1.47 bits per heavy atom. The maximum Gasteiger partial charge on any atom is 0.330 e. The van der Waals surface area contributed by atoms with Crippen molar-refractivity contribution in [2.75, 3.05) is 0 Å². The first-order valence-corrected chi connectivity index (χ1v) is 21.1. The summed E-state index contributed by atoms with van der Waals surface area (Å²) in [5, 5.41) is 55.0. The second kappa shape index (κ2) is 20.6. The van der Waals surface area contributed by atoms with Gasteiger partial charge in [0.25, 0.3) is 0 Å². The number of ether oxygens (including phenoxy) is 3. The van der Waals surface area contributed by atoms with Crippen LogP contribution in [0.25, 0.3) is 0 Å². The van der Waals surface area contributed by atoms with Crippen molar-refractivity contribution in [2.24, 2.45) is 53.3 Å². The lowest BCUT2D eigenvalue weighted by molar-refractivity contribution is -0.344. The third-order valence-electron chi connectivity index (χ3n) is 13.2. The second-order valence-corrected chi connectivity index (χ2v) is 17.9. The summed E-state index contributed by atoms with van der Waals surface area (Å²) in [7, 11) is 0. The van der Waals surface area contributed by atoms with E-state index in [1.54, 1.807) is 27.7 Å². The molecule has 18 atom stereocenters. The topological polar surface area (TPSA) is 197 Å². The smallest absolute Gasteiger partial charge is 0.330 e. The molecular formula is C45H72O12. The lowest BCUT2D eigenvalue weighted by atomic mass is 9.74. The van der Waals surface area contributed by atoms with Gasteiger partial charge in [0.2, 0.25) is 5.79 Å². The first kappa shape index (κ1) is 48.8. The number of carbonyl (C=O) groups excluding carboxylic acids is 4. The number of aliphatic hydroxyl groups is 5. The molecule has 18 unspecified atom stereocenters. The standard InChI is InChI=1S/C45H72O12/c1-12-33-17-15-13-14-16-25(3)42(52)44(11,54)43(53)31(9)40(51)30(8)39(50)29(7)38(49)24(2)18-21-37(48)55-41-28(6)34(20-19-33)56-45(32(41)10)36(47)22-26(4)35(57-45)23-27(5)46/h13-15,17-18,21,24-35,38,40-42,46,49,51-52,54H,12,16,19-20,22-23H2,1-11H3. The van der Waals surface area contributed by atoms with Gasteiger partial charge in [0.1, 0.15) is 17.5 Å². The Bertz CT molecular complexity index is 1470. The van der Waals surface area contributed by atoms with Crippen molar-refractivity contribution in [3.8, 4) is 0 Å². The summed E-state index contributed by atoms with van der Waals surface area (Å²) in [4.78, 5) is 54.5. The fourth-order valence-corrected chi connectivity index (χ4v) is 8.91. The van der Waals surface area contributed by atoms with E-state index < -0.39 is 107 Å². The summed E-state index contributed by atoms with van der Waals surface area (Å²) >= 11 is 0. The summed E-state index contributed by atoms with van der Waals surface area (Å²) < 4.78 is 19.4. The molecular weight excluding hydrogens is 732 g/mol. The van der Waals surface area contributed by atoms with Gasteiger partial charge >= 0.3 is 5.97 Å². The molecule has 2 bridgehead atoms. The lowest BCUT2D eigenvalue weighted by Gasteiger charge is -2.54. The molecule has 0 aliphatic carbocycles. The average molecular weight is 805 g/mol. The highest BCUT2D eigenvalue weighted by atomic mass is 16.7. The molecule has 0 amide bonds. The summed E-state index contributed by atoms with van der Waals surface area (Å²) in [6.07, 6.45) is 6.53. The van der Waals surface area contributed by atoms with Gasteiger partial charge in [0.15, 0.2) is 11.6 Å². The molecule has 0 radical (unpaired) electrons. The number of allylic oxidation sites excluding steroid dienone is 4. The van der Waals surface area contributed by atoms with Gasteiger partial charge in [-0.25, -0.2) is 4.79 Å². The van der Waals surface area contributed by atoms with Crippen LogP contribution in [-0.2, 0) is 33.4 Å². The molecule has 3 heterocycles. The van der Waals surface area contributed by atoms with Crippen molar-refractivity contribution < 1.29 is 58.9 Å². The van der Waals surface area contributed by atoms with Gasteiger partial charge in [-0.05, 0) is 63.7 Å². The largest absolute Gasteiger partial charge is 0.458 e. The van der Waals surface area contributed by atoms with Gasteiger partial charge in [-0.3, -0.25) is 14.4 Å². The highest BCUT2D eigenvalue weighted by Crippen LogP contribution is 2.47. The van der Waals surface area contributed by atoms with Crippen LogP contribution in [0.3, 0.4) is 0 Å². The number of hydrogen-bond acceptors (Lipinski definition) is 12. The Morgan fingerprint density at radius 3 is 2.09 bits per heavy atom. The summed E-state index contributed by atoms with van der Waals surface area (Å²) in [6, 6.07) is 0. The Hall–Kier alpha value is -2.58. The van der Waals surface area contributed by atoms with Crippen molar-refractivity contribution in [1.29, 1.82) is 0 Å². The number of Topliss-reactive ketones (excluding diaryl/α,β-unsaturated/α-hetero) is 3. The minimum Gasteiger partial charge on any atom is -0.458 e. The number of fused-ring (bicyclic) bond motifs is 2. The first-order valence-electron chi connectivity index (χ1n) is 21.1. The van der Waals surface area contributed by atoms with Crippen molar-refractivity contribution >= 4 is 23.3 Å². The Morgan fingerprint density at radius 1 is 0.842 bits per heavy atom. The van der Waals surface area contributed by atoms with Gasteiger partial charge in [0.05, 0.1) is 42.5 Å². The molecule has 3 aliphatic heterocycles. The molecule has 2 fully saturated rings. The maximum absolute atomic E-state index is 14.0. The zero-order valence-electron chi connectivity index (χ0n) is 36.0. The van der Waals surface area contributed by atoms with E-state index in [1.165, 1.54) is 39.8 Å². The molecule has 0 aromatic rings. The van der Waals surface area contributed by atoms with Crippen LogP contribution in [0, 0.1) is 53.3 Å². The number of esters is 1. The van der Waals surface area contributed by atoms with Gasteiger partial charge < -0.3 is 39.7 Å². The molecule has 0 saturated carbocycles. The monoisotopic (exact) mass is 805 g/mol. The quantitative estimate of drug-likeness (QED) is 0.238. The van der Waals surface area contributed by atoms with Crippen molar-refractivity contribution in [3.05, 3.63) is 36.5 Å². The molecule has 3 aliphatic rings. The minimum absolute atomic E-state index is 0.132. The van der Waals surface area contributed by atoms with E-state index in [0.717, 1.165) is 6.42 Å². The molecule has 12 heteroatoms. The molecule has 1 spiro atoms. The van der Waals surface area contributed by atoms with Gasteiger partial charge in [-0.15, -0.1) is 0 Å². The average Bonchev–Trinajstić information content (AvgIpc) is 3.16. The third-order valence-corrected chi connectivity index (χ3v) is 13.2. The summed E-state index contributed by atoms with van der Waals surface area (Å²) in [5.41, 5.74) is -2.21. The van der Waals surface area contributed by atoms with E-state index in [1.807, 2.05) is 32.1 Å². The molecule has 3 rings (SSSR count). The first-order chi connectivity index (χ1) is 26.5. The SMILES string of the molecule is CCC1C=CC=CCC(C)C(O)C(C)(O)C(=O)C(C)C(O)C(C)C(=O)C(C)C(O)C(C)C=CC(=O)OC2C(C)C(CC1)OC1(OC(CC(C)O)C(C)CC1=O)C2C. The van der Waals surface area contributed by atoms with Gasteiger partial charge in [-0.2, -0.15) is 0 Å². The van der Waals surface area contributed by atoms with E-state index in [0.29, 0.717) is 25.7 Å². The zero-order valence-corrected chi connectivity index (χ0v) is 36.0. The summed E-state index contributed by atoms with van der Waals surface area (Å²) in [6.45, 7) is 18.3. The third kappa shape index (κ3) is 11.4. The van der Waals surface area contributed by atoms with Crippen LogP contribution in [0.5, 0.6) is 0 Å². The zero-order chi connectivity index (χ0) is 43.2. The van der Waals surface area contributed by atoms with Crippen molar-refractivity contribution in [1.82, 2.24) is 0 Å². The number of hydrogen-bond donors (Lipinski definition) is 5. The van der Waals surface area contributed by atoms with Crippen LogP contribution >= 0.6 is 0 Å². The Labute approximate surface area is 340 Å². The van der Waals surface area contributed by atoms with Crippen LogP contribution in [0.1, 0.15) is 115 Å². The minimum atomic E-state index is -2.21. The van der Waals surface area contributed by atoms with E-state index >= 15 is 0 Å². The van der Waals surface area contributed by atoms with E-state index in [4.69, 9.17) is 14.2 Å². The van der Waals surface area contributed by atoms with Crippen molar-refractivity contribution in [3.63, 3.8) is 0 Å². The maximum atomic E-state index is 14.0. The molecule has 2 saturated heterocycles. The highest BCUT2D eigenvalue weighted by Gasteiger charge is 2.61. The van der Waals surface area contributed by atoms with E-state index in [9.17, 15) is 44.7 Å². The molecule has 0 aromatic carbocycles. The second-order valence-electron chi connectivity index (χ2n) is 17.9. The lowest BCUT2D eigenvalue weighted by Crippen LogP contribution is -2.66. The summed E-state index contributed by atoms with van der Waals surface area (Å²) in [5.74, 6) is -9.55. The van der Waals surface area contributed by atoms with E-state index in [-0.39, 0.29) is 30.0 Å². The number of ketones is 3. The number of carbonyl (C=O) groups is 4. The van der Waals surface area contributed by atoms with Crippen LogP contribution < -0.4 is 0 Å². The van der Waals surface area contributed by atoms with Gasteiger partial charge in [0, 0.05) is 42.1 Å². The normalized spacial score (nSPS) is 44.5. The Balaban J connectivity index is 2.02. The molecule has 0 aromatic heterocycles. The van der Waals surface area contributed by atoms with Gasteiger partial charge in [-0.1, -0.05) is 92.7 Å². The number of rotatable bonds is 3. The van der Waals surface area contributed by atoms with E-state index in [2.05, 4.69) is 13.0 Å². The fourth-order valence-electron chi connectivity index (χ4n) is 8.91. The molecule has 324 valence electrons. The van der Waals surface area contributed by atoms with Crippen LogP contribution in [0.2, 0.25) is 0 Å². The predicted molar refractivity (Wildman–Crippen MR) is 215 cm³/mol. The number of aliphatic hydroxyl groups excluding tert-OH is 4. The molecule has 5 N–H and O–H groups in total. The van der Waals surface area contributed by atoms with Crippen LogP contribution in [0.4, 0.5) is 0 Å². The molecule has 12 nitrogen and oxygen atoms in total. The predicted octanol–water partition coefficient (Wildman–Crippen LogP) is 5.06. The highest BCUT2D eigenvalue weighted by molar-refractivity contribution is 5.91. The fraction of sp³-hybridized carbons (Fsp3) is 0.778. The Kier molecular flexibility index (Phi) is 17.6.